The molecule has 2 aromatic rings. The number of hydrogen-bond acceptors (Lipinski definition) is 11. The predicted octanol–water partition coefficient (Wildman–Crippen LogP) is 3.60. The Bertz CT molecular complexity index is 1500. The summed E-state index contributed by atoms with van der Waals surface area (Å²) in [5.41, 5.74) is 2.03. The van der Waals surface area contributed by atoms with Crippen LogP contribution in [0.3, 0.4) is 0 Å². The van der Waals surface area contributed by atoms with E-state index < -0.39 is 22.1 Å². The van der Waals surface area contributed by atoms with E-state index in [4.69, 9.17) is 14.7 Å². The van der Waals surface area contributed by atoms with E-state index in [-0.39, 0.29) is 36.2 Å². The number of piperidine rings is 1. The quantitative estimate of drug-likeness (QED) is 0.332. The summed E-state index contributed by atoms with van der Waals surface area (Å²) in [6, 6.07) is 2.28. The van der Waals surface area contributed by atoms with Crippen molar-refractivity contribution < 1.29 is 17.5 Å². The molecule has 0 saturated carbocycles. The fourth-order valence-corrected chi connectivity index (χ4v) is 7.38. The highest BCUT2D eigenvalue weighted by Crippen LogP contribution is 2.39. The number of nitrogens with zero attached hydrogens (tertiary/aromatic N) is 6. The summed E-state index contributed by atoms with van der Waals surface area (Å²) < 4.78 is 44.9. The molecule has 5 heterocycles. The Morgan fingerprint density at radius 3 is 2.67 bits per heavy atom. The van der Waals surface area contributed by atoms with Crippen molar-refractivity contribution in [3.63, 3.8) is 0 Å². The molecule has 248 valence electrons. The van der Waals surface area contributed by atoms with Crippen LogP contribution in [-0.4, -0.2) is 117 Å². The van der Waals surface area contributed by atoms with Gasteiger partial charge in [0.15, 0.2) is 0 Å². The zero-order chi connectivity index (χ0) is 32.3. The average Bonchev–Trinajstić information content (AvgIpc) is 3.01. The summed E-state index contributed by atoms with van der Waals surface area (Å²) in [5.74, 6) is 2.40. The summed E-state index contributed by atoms with van der Waals surface area (Å²) in [7, 11) is 0.836. The van der Waals surface area contributed by atoms with Gasteiger partial charge < -0.3 is 30.1 Å². The van der Waals surface area contributed by atoms with Crippen LogP contribution in [0.15, 0.2) is 35.7 Å². The van der Waals surface area contributed by atoms with E-state index in [1.807, 2.05) is 42.4 Å². The molecular formula is C32H49FN8O3S. The van der Waals surface area contributed by atoms with Gasteiger partial charge in [0.25, 0.3) is 0 Å². The summed E-state index contributed by atoms with van der Waals surface area (Å²) >= 11 is 0. The maximum absolute atomic E-state index is 15.0. The number of alkyl halides is 1. The first-order valence-corrected chi connectivity index (χ1v) is 18.0. The SMILES string of the molecule is CCS(=O)(=O)CC[C@H]1CN(c2cnc(C(C)C)c3cc(NC4C=CN=C(N5CC[C@@H](OCCNC)[C@@H](F)C5)N4C)ncc23)[C@@H]1C. The van der Waals surface area contributed by atoms with Crippen molar-refractivity contribution in [1.82, 2.24) is 25.1 Å². The molecule has 0 bridgehead atoms. The minimum absolute atomic E-state index is 0.190. The number of sulfone groups is 1. The number of hydrogen-bond donors (Lipinski definition) is 2. The Balaban J connectivity index is 1.29. The molecule has 11 nitrogen and oxygen atoms in total. The fourth-order valence-electron chi connectivity index (χ4n) is 6.42. The predicted molar refractivity (Wildman–Crippen MR) is 179 cm³/mol. The van der Waals surface area contributed by atoms with Gasteiger partial charge in [-0.2, -0.15) is 0 Å². The Labute approximate surface area is 267 Å². The second-order valence-electron chi connectivity index (χ2n) is 12.7. The molecule has 0 aromatic carbocycles. The molecule has 2 N–H and O–H groups in total. The number of likely N-dealkylation sites (N-methyl/N-ethyl adjacent to an activating group) is 2. The van der Waals surface area contributed by atoms with Gasteiger partial charge in [-0.25, -0.2) is 22.8 Å². The molecule has 3 aliphatic heterocycles. The summed E-state index contributed by atoms with van der Waals surface area (Å²) in [6.45, 7) is 11.0. The van der Waals surface area contributed by atoms with Gasteiger partial charge in [-0.1, -0.05) is 20.8 Å². The lowest BCUT2D eigenvalue weighted by Gasteiger charge is -2.48. The number of halogens is 1. The lowest BCUT2D eigenvalue weighted by atomic mass is 9.86. The van der Waals surface area contributed by atoms with Crippen LogP contribution in [0.2, 0.25) is 0 Å². The van der Waals surface area contributed by atoms with Crippen LogP contribution in [0, 0.1) is 5.92 Å². The van der Waals surface area contributed by atoms with Crippen molar-refractivity contribution in [2.45, 2.75) is 70.9 Å². The van der Waals surface area contributed by atoms with E-state index in [0.717, 1.165) is 28.7 Å². The van der Waals surface area contributed by atoms with Gasteiger partial charge >= 0.3 is 0 Å². The maximum Gasteiger partial charge on any atom is 0.202 e. The number of aliphatic imine (C=N–C) groups is 1. The molecule has 5 rings (SSSR count). The largest absolute Gasteiger partial charge is 0.374 e. The second-order valence-corrected chi connectivity index (χ2v) is 15.2. The minimum Gasteiger partial charge on any atom is -0.374 e. The monoisotopic (exact) mass is 644 g/mol. The van der Waals surface area contributed by atoms with Gasteiger partial charge in [0.2, 0.25) is 5.96 Å². The van der Waals surface area contributed by atoms with Crippen molar-refractivity contribution >= 4 is 38.1 Å². The van der Waals surface area contributed by atoms with Crippen LogP contribution in [0.5, 0.6) is 0 Å². The van der Waals surface area contributed by atoms with Crippen LogP contribution in [0.4, 0.5) is 15.9 Å². The number of rotatable bonds is 12. The lowest BCUT2D eigenvalue weighted by Crippen LogP contribution is -2.56. The van der Waals surface area contributed by atoms with Gasteiger partial charge in [0.05, 0.1) is 42.6 Å². The molecule has 0 spiro atoms. The van der Waals surface area contributed by atoms with Crippen molar-refractivity contribution in [1.29, 1.82) is 0 Å². The zero-order valence-electron chi connectivity index (χ0n) is 27.4. The molecule has 45 heavy (non-hydrogen) atoms. The van der Waals surface area contributed by atoms with Gasteiger partial charge in [-0.3, -0.25) is 4.98 Å². The maximum atomic E-state index is 15.0. The topological polar surface area (TPSA) is 115 Å². The third-order valence-electron chi connectivity index (χ3n) is 9.42. The van der Waals surface area contributed by atoms with Crippen molar-refractivity contribution in [2.24, 2.45) is 10.9 Å². The minimum atomic E-state index is -2.98. The van der Waals surface area contributed by atoms with Crippen LogP contribution in [0.25, 0.3) is 10.8 Å². The van der Waals surface area contributed by atoms with Gasteiger partial charge in [0.1, 0.15) is 28.0 Å². The molecule has 13 heteroatoms. The first-order chi connectivity index (χ1) is 21.5. The molecule has 2 aromatic heterocycles. The van der Waals surface area contributed by atoms with Gasteiger partial charge in [0, 0.05) is 61.6 Å². The van der Waals surface area contributed by atoms with E-state index in [1.165, 1.54) is 0 Å². The number of fused-ring (bicyclic) bond motifs is 1. The first kappa shape index (κ1) is 33.3. The lowest BCUT2D eigenvalue weighted by molar-refractivity contribution is -0.0339. The molecule has 0 radical (unpaired) electrons. The zero-order valence-corrected chi connectivity index (χ0v) is 28.2. The highest BCUT2D eigenvalue weighted by atomic mass is 32.2. The first-order valence-electron chi connectivity index (χ1n) is 16.2. The summed E-state index contributed by atoms with van der Waals surface area (Å²) in [6.07, 6.45) is 7.16. The van der Waals surface area contributed by atoms with E-state index >= 15 is 4.39 Å². The number of likely N-dealkylation sites (tertiary alicyclic amines) is 1. The Morgan fingerprint density at radius 2 is 1.98 bits per heavy atom. The number of nitrogens with one attached hydrogen (secondary N) is 2. The average molecular weight is 645 g/mol. The van der Waals surface area contributed by atoms with Gasteiger partial charge in [-0.15, -0.1) is 0 Å². The molecule has 5 atom stereocenters. The number of pyridine rings is 2. The van der Waals surface area contributed by atoms with Crippen LogP contribution < -0.4 is 15.5 Å². The highest BCUT2D eigenvalue weighted by molar-refractivity contribution is 7.91. The van der Waals surface area contributed by atoms with E-state index in [1.54, 1.807) is 13.1 Å². The number of aromatic nitrogens is 2. The Kier molecular flexibility index (Phi) is 10.5. The van der Waals surface area contributed by atoms with Crippen LogP contribution >= 0.6 is 0 Å². The molecular weight excluding hydrogens is 595 g/mol. The number of guanidine groups is 1. The second kappa shape index (κ2) is 14.2. The van der Waals surface area contributed by atoms with E-state index in [9.17, 15) is 8.42 Å². The smallest absolute Gasteiger partial charge is 0.202 e. The molecule has 0 aliphatic carbocycles. The summed E-state index contributed by atoms with van der Waals surface area (Å²) in [5, 5.41) is 8.65. The van der Waals surface area contributed by atoms with E-state index in [0.29, 0.717) is 50.2 Å². The number of anilines is 2. The molecule has 3 aliphatic rings. The van der Waals surface area contributed by atoms with Crippen LogP contribution in [-0.2, 0) is 14.6 Å². The third-order valence-corrected chi connectivity index (χ3v) is 11.2. The van der Waals surface area contributed by atoms with Crippen molar-refractivity contribution in [2.75, 3.05) is 68.6 Å². The van der Waals surface area contributed by atoms with Crippen molar-refractivity contribution in [3.05, 3.63) is 36.4 Å². The van der Waals surface area contributed by atoms with E-state index in [2.05, 4.69) is 47.4 Å². The Hall–Kier alpha value is -3.03. The molecule has 1 unspecified atom stereocenters. The number of ether oxygens (including phenoxy) is 1. The van der Waals surface area contributed by atoms with Crippen LogP contribution in [0.1, 0.15) is 52.1 Å². The molecule has 2 saturated heterocycles. The van der Waals surface area contributed by atoms with Gasteiger partial charge in [-0.05, 0) is 50.8 Å². The van der Waals surface area contributed by atoms with Crippen molar-refractivity contribution in [3.8, 4) is 0 Å². The Morgan fingerprint density at radius 1 is 1.18 bits per heavy atom. The fraction of sp³-hybridized carbons (Fsp3) is 0.656. The molecule has 2 fully saturated rings. The third kappa shape index (κ3) is 7.36. The summed E-state index contributed by atoms with van der Waals surface area (Å²) in [4.78, 5) is 20.6. The normalized spacial score (nSPS) is 25.6. The standard InChI is InChI=1S/C32H49FN8O3S/c1-7-45(42,43)15-10-23-19-41(22(23)4)27-18-37-31(21(2)3)24-16-29(36-17-25(24)27)38-30-8-11-35-32(39(30)6)40-13-9-28(26(33)20-40)44-14-12-34-5/h8,11,16-18,21-23,26,28,30,34H,7,9-10,12-15,19-20H2,1-6H3,(H,36,38)/t22-,23+,26+,28-,30?/m1/s1. The highest BCUT2D eigenvalue weighted by Gasteiger charge is 2.37. The molecule has 0 amide bonds.